The summed E-state index contributed by atoms with van der Waals surface area (Å²) in [7, 11) is 0. The van der Waals surface area contributed by atoms with Crippen molar-refractivity contribution in [1.29, 1.82) is 0 Å². The molecule has 0 bridgehead atoms. The van der Waals surface area contributed by atoms with Crippen LogP contribution in [0.25, 0.3) is 0 Å². The molecule has 0 aliphatic carbocycles. The number of halogens is 1. The topological polar surface area (TPSA) is 46.2 Å². The predicted molar refractivity (Wildman–Crippen MR) is 60.5 cm³/mol. The number of Topliss-reactive ketones (excluding diaryl/α,β-unsaturated/α-hetero) is 1. The van der Waals surface area contributed by atoms with Crippen molar-refractivity contribution in [3.8, 4) is 0 Å². The summed E-state index contributed by atoms with van der Waals surface area (Å²) in [5.74, 6) is -0.484. The first-order valence-electron chi connectivity index (χ1n) is 4.52. The van der Waals surface area contributed by atoms with Crippen LogP contribution in [0.5, 0.6) is 0 Å². The van der Waals surface area contributed by atoms with Gasteiger partial charge in [0.1, 0.15) is 0 Å². The van der Waals surface area contributed by atoms with Crippen LogP contribution in [-0.2, 0) is 4.79 Å². The minimum absolute atomic E-state index is 0.0873. The molecule has 0 heterocycles. The van der Waals surface area contributed by atoms with Gasteiger partial charge < -0.3 is 5.32 Å². The summed E-state index contributed by atoms with van der Waals surface area (Å²) >= 11 is 5.49. The van der Waals surface area contributed by atoms with E-state index in [-0.39, 0.29) is 17.6 Å². The highest BCUT2D eigenvalue weighted by Crippen LogP contribution is 2.18. The van der Waals surface area contributed by atoms with E-state index >= 15 is 0 Å². The molecule has 0 unspecified atom stereocenters. The van der Waals surface area contributed by atoms with Gasteiger partial charge in [-0.25, -0.2) is 0 Å². The van der Waals surface area contributed by atoms with Crippen LogP contribution in [0, 0.1) is 6.92 Å². The van der Waals surface area contributed by atoms with Gasteiger partial charge in [0.25, 0.3) is 0 Å². The average Bonchev–Trinajstić information content (AvgIpc) is 2.19. The van der Waals surface area contributed by atoms with Crippen molar-refractivity contribution < 1.29 is 9.59 Å². The minimum Gasteiger partial charge on any atom is -0.326 e. The highest BCUT2D eigenvalue weighted by Gasteiger charge is 2.11. The van der Waals surface area contributed by atoms with Crippen molar-refractivity contribution in [3.05, 3.63) is 29.3 Å². The van der Waals surface area contributed by atoms with E-state index < -0.39 is 0 Å². The maximum atomic E-state index is 11.5. The fraction of sp³-hybridized carbons (Fsp3) is 0.273. The highest BCUT2D eigenvalue weighted by molar-refractivity contribution is 6.31. The van der Waals surface area contributed by atoms with Crippen LogP contribution >= 0.6 is 11.6 Å². The monoisotopic (exact) mass is 225 g/mol. The molecule has 4 heteroatoms. The summed E-state index contributed by atoms with van der Waals surface area (Å²) in [6, 6.07) is 5.25. The van der Waals surface area contributed by atoms with E-state index in [1.165, 1.54) is 6.92 Å². The lowest BCUT2D eigenvalue weighted by Crippen LogP contribution is -2.11. The number of amides is 1. The van der Waals surface area contributed by atoms with E-state index in [0.717, 1.165) is 5.56 Å². The highest BCUT2D eigenvalue weighted by atomic mass is 35.5. The van der Waals surface area contributed by atoms with Crippen LogP contribution in [0.4, 0.5) is 5.69 Å². The van der Waals surface area contributed by atoms with Gasteiger partial charge in [0, 0.05) is 12.5 Å². The number of nitrogens with one attached hydrogen (secondary N) is 1. The fourth-order valence-corrected chi connectivity index (χ4v) is 1.40. The Hall–Kier alpha value is -1.35. The van der Waals surface area contributed by atoms with Gasteiger partial charge >= 0.3 is 0 Å². The molecule has 80 valence electrons. The van der Waals surface area contributed by atoms with Crippen molar-refractivity contribution >= 4 is 29.0 Å². The predicted octanol–water partition coefficient (Wildman–Crippen LogP) is 2.37. The molecule has 15 heavy (non-hydrogen) atoms. The molecular weight excluding hydrogens is 214 g/mol. The van der Waals surface area contributed by atoms with E-state index in [4.69, 9.17) is 11.6 Å². The number of anilines is 1. The molecular formula is C11H12ClNO2. The number of rotatable bonds is 3. The molecule has 0 aliphatic heterocycles. The number of alkyl halides is 1. The Labute approximate surface area is 93.4 Å². The first kappa shape index (κ1) is 11.7. The first-order chi connectivity index (χ1) is 7.04. The number of benzene rings is 1. The van der Waals surface area contributed by atoms with Gasteiger partial charge in [-0.3, -0.25) is 9.59 Å². The van der Waals surface area contributed by atoms with Crippen LogP contribution < -0.4 is 5.32 Å². The number of aryl methyl sites for hydroxylation is 1. The molecule has 0 saturated heterocycles. The number of ketones is 1. The second-order valence-electron chi connectivity index (χ2n) is 3.29. The molecule has 0 atom stereocenters. The number of carbonyl (C=O) groups excluding carboxylic acids is 2. The smallest absolute Gasteiger partial charge is 0.221 e. The summed E-state index contributed by atoms with van der Waals surface area (Å²) in [6.07, 6.45) is 0. The number of hydrogen-bond acceptors (Lipinski definition) is 2. The van der Waals surface area contributed by atoms with Crippen LogP contribution in [0.3, 0.4) is 0 Å². The van der Waals surface area contributed by atoms with Gasteiger partial charge in [-0.15, -0.1) is 11.6 Å². The molecule has 3 nitrogen and oxygen atoms in total. The second-order valence-corrected chi connectivity index (χ2v) is 3.55. The lowest BCUT2D eigenvalue weighted by Gasteiger charge is -2.08. The zero-order chi connectivity index (χ0) is 11.4. The quantitative estimate of drug-likeness (QED) is 0.634. The van der Waals surface area contributed by atoms with E-state index in [9.17, 15) is 9.59 Å². The third-order valence-electron chi connectivity index (χ3n) is 1.91. The molecule has 1 aromatic carbocycles. The zero-order valence-electron chi connectivity index (χ0n) is 8.63. The molecule has 0 aromatic heterocycles. The normalized spacial score (nSPS) is 9.80. The lowest BCUT2D eigenvalue weighted by molar-refractivity contribution is -0.114. The average molecular weight is 226 g/mol. The maximum Gasteiger partial charge on any atom is 0.221 e. The zero-order valence-corrected chi connectivity index (χ0v) is 9.39. The van der Waals surface area contributed by atoms with E-state index in [1.807, 2.05) is 13.0 Å². The van der Waals surface area contributed by atoms with Gasteiger partial charge in [-0.1, -0.05) is 11.6 Å². The molecule has 0 fully saturated rings. The molecule has 1 amide bonds. The van der Waals surface area contributed by atoms with Crippen molar-refractivity contribution in [1.82, 2.24) is 0 Å². The van der Waals surface area contributed by atoms with Gasteiger partial charge in [-0.2, -0.15) is 0 Å². The third kappa shape index (κ3) is 3.06. The van der Waals surface area contributed by atoms with E-state index in [0.29, 0.717) is 11.3 Å². The number of carbonyl (C=O) groups is 2. The molecule has 0 spiro atoms. The van der Waals surface area contributed by atoms with Crippen molar-refractivity contribution in [3.63, 3.8) is 0 Å². The van der Waals surface area contributed by atoms with E-state index in [2.05, 4.69) is 5.32 Å². The molecule has 1 rings (SSSR count). The lowest BCUT2D eigenvalue weighted by atomic mass is 10.1. The largest absolute Gasteiger partial charge is 0.326 e. The Kier molecular flexibility index (Phi) is 3.86. The van der Waals surface area contributed by atoms with Gasteiger partial charge in [0.15, 0.2) is 5.78 Å². The van der Waals surface area contributed by atoms with E-state index in [1.54, 1.807) is 12.1 Å². The van der Waals surface area contributed by atoms with Crippen LogP contribution in [0.2, 0.25) is 0 Å². The fourth-order valence-electron chi connectivity index (χ4n) is 1.26. The molecule has 0 saturated carbocycles. The summed E-state index contributed by atoms with van der Waals surface area (Å²) in [5.41, 5.74) is 1.93. The number of hydrogen-bond donors (Lipinski definition) is 1. The van der Waals surface area contributed by atoms with Crippen LogP contribution in [0.1, 0.15) is 22.8 Å². The Morgan fingerprint density at radius 3 is 2.60 bits per heavy atom. The SMILES string of the molecule is CC(=O)Nc1ccc(C)cc1C(=O)CCl. The first-order valence-corrected chi connectivity index (χ1v) is 5.05. The summed E-state index contributed by atoms with van der Waals surface area (Å²) in [5, 5.41) is 2.60. The van der Waals surface area contributed by atoms with Crippen molar-refractivity contribution in [2.24, 2.45) is 0 Å². The van der Waals surface area contributed by atoms with Crippen LogP contribution in [-0.4, -0.2) is 17.6 Å². The van der Waals surface area contributed by atoms with Crippen molar-refractivity contribution in [2.75, 3.05) is 11.2 Å². The Morgan fingerprint density at radius 2 is 2.07 bits per heavy atom. The molecule has 0 aliphatic rings. The Bertz CT molecular complexity index is 402. The summed E-state index contributed by atoms with van der Waals surface area (Å²) in [6.45, 7) is 3.28. The Balaban J connectivity index is 3.14. The Morgan fingerprint density at radius 1 is 1.40 bits per heavy atom. The molecule has 0 radical (unpaired) electrons. The van der Waals surface area contributed by atoms with Crippen LogP contribution in [0.15, 0.2) is 18.2 Å². The van der Waals surface area contributed by atoms with Gasteiger partial charge in [0.05, 0.1) is 11.6 Å². The summed E-state index contributed by atoms with van der Waals surface area (Å²) < 4.78 is 0. The molecule has 1 aromatic rings. The third-order valence-corrected chi connectivity index (χ3v) is 2.15. The second kappa shape index (κ2) is 4.94. The minimum atomic E-state index is -0.206. The van der Waals surface area contributed by atoms with Gasteiger partial charge in [0.2, 0.25) is 5.91 Å². The molecule has 1 N–H and O–H groups in total. The standard InChI is InChI=1S/C11H12ClNO2/c1-7-3-4-10(13-8(2)14)9(5-7)11(15)6-12/h3-5H,6H2,1-2H3,(H,13,14). The van der Waals surface area contributed by atoms with Gasteiger partial charge in [-0.05, 0) is 19.1 Å². The maximum absolute atomic E-state index is 11.5. The van der Waals surface area contributed by atoms with Crippen molar-refractivity contribution in [2.45, 2.75) is 13.8 Å². The summed E-state index contributed by atoms with van der Waals surface area (Å²) in [4.78, 5) is 22.4.